The van der Waals surface area contributed by atoms with Gasteiger partial charge in [-0.1, -0.05) is 17.7 Å². The molecular weight excluding hydrogens is 348 g/mol. The number of amides is 1. The van der Waals surface area contributed by atoms with E-state index in [1.54, 1.807) is 0 Å². The maximum absolute atomic E-state index is 12.8. The molecular formula is C23H28N4O. The third-order valence-electron chi connectivity index (χ3n) is 5.19. The van der Waals surface area contributed by atoms with E-state index in [1.807, 2.05) is 30.5 Å². The highest BCUT2D eigenvalue weighted by Crippen LogP contribution is 2.30. The van der Waals surface area contributed by atoms with Crippen LogP contribution >= 0.6 is 0 Å². The molecule has 0 unspecified atom stereocenters. The lowest BCUT2D eigenvalue weighted by Gasteiger charge is -2.22. The second-order valence-electron chi connectivity index (χ2n) is 8.80. The standard InChI is InChI=1S/C23H28N4O/c1-15-5-9-17(10-6-15)25-20-12-11-18-19(22(28)24-13-16-7-8-16)14-27(21(18)26-20)23(2,3)4/h5-6,9-12,14,16H,7-8,13H2,1-4H3,(H,24,28)(H,25,26). The molecule has 0 spiro atoms. The van der Waals surface area contributed by atoms with Crippen molar-refractivity contribution in [3.8, 4) is 0 Å². The Labute approximate surface area is 166 Å². The molecule has 3 aromatic rings. The molecule has 146 valence electrons. The Morgan fingerprint density at radius 2 is 1.86 bits per heavy atom. The van der Waals surface area contributed by atoms with Crippen LogP contribution in [0.15, 0.2) is 42.6 Å². The molecule has 2 heterocycles. The highest BCUT2D eigenvalue weighted by atomic mass is 16.1. The van der Waals surface area contributed by atoms with Gasteiger partial charge < -0.3 is 15.2 Å². The second kappa shape index (κ2) is 6.97. The minimum absolute atomic E-state index is 0.0130. The number of nitrogens with one attached hydrogen (secondary N) is 2. The molecule has 1 amide bonds. The van der Waals surface area contributed by atoms with Crippen molar-refractivity contribution in [3.05, 3.63) is 53.7 Å². The number of hydrogen-bond donors (Lipinski definition) is 2. The Kier molecular flexibility index (Phi) is 4.61. The van der Waals surface area contributed by atoms with E-state index in [0.717, 1.165) is 29.1 Å². The molecule has 28 heavy (non-hydrogen) atoms. The summed E-state index contributed by atoms with van der Waals surface area (Å²) in [5.41, 5.74) is 3.55. The van der Waals surface area contributed by atoms with Gasteiger partial charge in [0.2, 0.25) is 0 Å². The molecule has 1 aromatic carbocycles. The smallest absolute Gasteiger partial charge is 0.253 e. The maximum Gasteiger partial charge on any atom is 0.253 e. The van der Waals surface area contributed by atoms with E-state index in [9.17, 15) is 4.79 Å². The van der Waals surface area contributed by atoms with Crippen molar-refractivity contribution in [2.75, 3.05) is 11.9 Å². The first-order valence-electron chi connectivity index (χ1n) is 9.96. The number of hydrogen-bond acceptors (Lipinski definition) is 3. The fraction of sp³-hybridized carbons (Fsp3) is 0.391. The summed E-state index contributed by atoms with van der Waals surface area (Å²) in [4.78, 5) is 17.6. The van der Waals surface area contributed by atoms with E-state index in [4.69, 9.17) is 4.98 Å². The normalized spacial score (nSPS) is 14.3. The number of anilines is 2. The number of aromatic nitrogens is 2. The molecule has 1 fully saturated rings. The molecule has 1 aliphatic carbocycles. The van der Waals surface area contributed by atoms with Gasteiger partial charge in [0.1, 0.15) is 11.5 Å². The van der Waals surface area contributed by atoms with Crippen LogP contribution < -0.4 is 10.6 Å². The Morgan fingerprint density at radius 3 is 2.50 bits per heavy atom. The van der Waals surface area contributed by atoms with Crippen molar-refractivity contribution >= 4 is 28.4 Å². The van der Waals surface area contributed by atoms with Gasteiger partial charge in [-0.25, -0.2) is 4.98 Å². The molecule has 0 radical (unpaired) electrons. The predicted octanol–water partition coefficient (Wildman–Crippen LogP) is 4.98. The Balaban J connectivity index is 1.69. The molecule has 0 bridgehead atoms. The molecule has 4 rings (SSSR count). The zero-order valence-electron chi connectivity index (χ0n) is 17.0. The lowest BCUT2D eigenvalue weighted by atomic mass is 10.1. The number of benzene rings is 1. The lowest BCUT2D eigenvalue weighted by Crippen LogP contribution is -2.25. The molecule has 1 aliphatic rings. The molecule has 5 nitrogen and oxygen atoms in total. The predicted molar refractivity (Wildman–Crippen MR) is 114 cm³/mol. The Morgan fingerprint density at radius 1 is 1.14 bits per heavy atom. The number of nitrogens with zero attached hydrogens (tertiary/aromatic N) is 2. The van der Waals surface area contributed by atoms with Crippen LogP contribution in [0.3, 0.4) is 0 Å². The van der Waals surface area contributed by atoms with Crippen LogP contribution in [0.4, 0.5) is 11.5 Å². The van der Waals surface area contributed by atoms with E-state index in [0.29, 0.717) is 11.5 Å². The van der Waals surface area contributed by atoms with Crippen molar-refractivity contribution in [2.24, 2.45) is 5.92 Å². The number of pyridine rings is 1. The Hall–Kier alpha value is -2.82. The summed E-state index contributed by atoms with van der Waals surface area (Å²) in [6, 6.07) is 12.2. The number of fused-ring (bicyclic) bond motifs is 1. The van der Waals surface area contributed by atoms with Gasteiger partial charge in [0.05, 0.1) is 5.56 Å². The van der Waals surface area contributed by atoms with E-state index < -0.39 is 0 Å². The summed E-state index contributed by atoms with van der Waals surface area (Å²) in [6.07, 6.45) is 4.38. The molecule has 0 aliphatic heterocycles. The van der Waals surface area contributed by atoms with Crippen LogP contribution in [0.5, 0.6) is 0 Å². The first kappa shape index (κ1) is 18.5. The zero-order chi connectivity index (χ0) is 19.9. The van der Waals surface area contributed by atoms with Gasteiger partial charge in [0.25, 0.3) is 5.91 Å². The molecule has 2 aromatic heterocycles. The number of aryl methyl sites for hydroxylation is 1. The van der Waals surface area contributed by atoms with Crippen molar-refractivity contribution < 1.29 is 4.79 Å². The van der Waals surface area contributed by atoms with Gasteiger partial charge in [-0.05, 0) is 70.7 Å². The van der Waals surface area contributed by atoms with Crippen molar-refractivity contribution in [1.29, 1.82) is 0 Å². The topological polar surface area (TPSA) is 59.0 Å². The van der Waals surface area contributed by atoms with Gasteiger partial charge in [0.15, 0.2) is 0 Å². The summed E-state index contributed by atoms with van der Waals surface area (Å²) in [6.45, 7) is 9.21. The summed E-state index contributed by atoms with van der Waals surface area (Å²) < 4.78 is 2.09. The summed E-state index contributed by atoms with van der Waals surface area (Å²) in [7, 11) is 0. The fourth-order valence-corrected chi connectivity index (χ4v) is 3.30. The van der Waals surface area contributed by atoms with E-state index >= 15 is 0 Å². The highest BCUT2D eigenvalue weighted by Gasteiger charge is 2.25. The summed E-state index contributed by atoms with van der Waals surface area (Å²) in [5, 5.41) is 7.33. The van der Waals surface area contributed by atoms with Crippen LogP contribution in [-0.2, 0) is 5.54 Å². The zero-order valence-corrected chi connectivity index (χ0v) is 17.0. The summed E-state index contributed by atoms with van der Waals surface area (Å²) >= 11 is 0. The molecule has 0 atom stereocenters. The van der Waals surface area contributed by atoms with Crippen LogP contribution in [0.2, 0.25) is 0 Å². The van der Waals surface area contributed by atoms with Crippen LogP contribution in [0, 0.1) is 12.8 Å². The molecule has 5 heteroatoms. The van der Waals surface area contributed by atoms with Gasteiger partial charge in [-0.15, -0.1) is 0 Å². The average molecular weight is 377 g/mol. The van der Waals surface area contributed by atoms with Gasteiger partial charge in [-0.2, -0.15) is 0 Å². The third kappa shape index (κ3) is 3.88. The third-order valence-corrected chi connectivity index (χ3v) is 5.19. The Bertz CT molecular complexity index is 1010. The monoisotopic (exact) mass is 376 g/mol. The highest BCUT2D eigenvalue weighted by molar-refractivity contribution is 6.06. The number of carbonyl (C=O) groups excluding carboxylic acids is 1. The minimum atomic E-state index is -0.178. The van der Waals surface area contributed by atoms with Crippen LogP contribution in [-0.4, -0.2) is 22.0 Å². The van der Waals surface area contributed by atoms with Gasteiger partial charge in [0, 0.05) is 29.4 Å². The van der Waals surface area contributed by atoms with E-state index in [-0.39, 0.29) is 11.4 Å². The van der Waals surface area contributed by atoms with Crippen molar-refractivity contribution in [3.63, 3.8) is 0 Å². The van der Waals surface area contributed by atoms with E-state index in [2.05, 4.69) is 55.0 Å². The van der Waals surface area contributed by atoms with Crippen molar-refractivity contribution in [2.45, 2.75) is 46.1 Å². The largest absolute Gasteiger partial charge is 0.352 e. The molecule has 1 saturated carbocycles. The lowest BCUT2D eigenvalue weighted by molar-refractivity contribution is 0.0953. The first-order valence-corrected chi connectivity index (χ1v) is 9.96. The number of rotatable bonds is 5. The fourth-order valence-electron chi connectivity index (χ4n) is 3.30. The quantitative estimate of drug-likeness (QED) is 0.660. The van der Waals surface area contributed by atoms with Crippen LogP contribution in [0.25, 0.3) is 11.0 Å². The second-order valence-corrected chi connectivity index (χ2v) is 8.80. The summed E-state index contributed by atoms with van der Waals surface area (Å²) in [5.74, 6) is 1.41. The van der Waals surface area contributed by atoms with E-state index in [1.165, 1.54) is 18.4 Å². The van der Waals surface area contributed by atoms with Crippen molar-refractivity contribution in [1.82, 2.24) is 14.9 Å². The molecule has 0 saturated heterocycles. The average Bonchev–Trinajstić information content (AvgIpc) is 3.39. The molecule has 2 N–H and O–H groups in total. The van der Waals surface area contributed by atoms with Gasteiger partial charge >= 0.3 is 0 Å². The van der Waals surface area contributed by atoms with Gasteiger partial charge in [-0.3, -0.25) is 4.79 Å². The van der Waals surface area contributed by atoms with Crippen LogP contribution in [0.1, 0.15) is 49.5 Å². The maximum atomic E-state index is 12.8. The number of carbonyl (C=O) groups is 1. The minimum Gasteiger partial charge on any atom is -0.352 e. The first-order chi connectivity index (χ1) is 13.3. The SMILES string of the molecule is Cc1ccc(Nc2ccc3c(C(=O)NCC4CC4)cn(C(C)(C)C)c3n2)cc1.